The normalized spacial score (nSPS) is 11.8. The number of carbonyl (C=O) groups excluding carboxylic acids is 1. The molecule has 0 atom stereocenters. The van der Waals surface area contributed by atoms with Gasteiger partial charge in [0.25, 0.3) is 0 Å². The summed E-state index contributed by atoms with van der Waals surface area (Å²) in [5.41, 5.74) is 3.51. The lowest BCUT2D eigenvalue weighted by atomic mass is 10.0. The van der Waals surface area contributed by atoms with Gasteiger partial charge in [0.05, 0.1) is 24.2 Å². The van der Waals surface area contributed by atoms with E-state index in [4.69, 9.17) is 25.2 Å². The fourth-order valence-electron chi connectivity index (χ4n) is 5.96. The number of hydrogen-bond donors (Lipinski definition) is 5. The molecule has 16 heteroatoms. The minimum atomic E-state index is -1.02. The molecule has 5 N–H and O–H groups in total. The van der Waals surface area contributed by atoms with Crippen LogP contribution in [0.4, 0.5) is 17.6 Å². The Hall–Kier alpha value is -5.80. The van der Waals surface area contributed by atoms with Crippen LogP contribution in [0.15, 0.2) is 55.0 Å². The number of ether oxygens (including phenoxy) is 1. The van der Waals surface area contributed by atoms with Gasteiger partial charge in [0.1, 0.15) is 24.4 Å². The number of nitrogens with zero attached hydrogens (tertiary/aromatic N) is 8. The molecule has 0 saturated carbocycles. The van der Waals surface area contributed by atoms with E-state index < -0.39 is 11.9 Å². The minimum Gasteiger partial charge on any atom is -0.480 e. The monoisotopic (exact) mass is 712 g/mol. The van der Waals surface area contributed by atoms with Gasteiger partial charge >= 0.3 is 11.9 Å². The summed E-state index contributed by atoms with van der Waals surface area (Å²) in [6, 6.07) is 4.03. The van der Waals surface area contributed by atoms with E-state index in [2.05, 4.69) is 74.0 Å². The maximum Gasteiger partial charge on any atom is 0.327 e. The molecule has 0 aromatic carbocycles. The van der Waals surface area contributed by atoms with Crippen molar-refractivity contribution in [2.75, 3.05) is 23.8 Å². The second kappa shape index (κ2) is 17.9. The Kier molecular flexibility index (Phi) is 12.9. The number of carbonyl (C=O) groups is 2. The zero-order valence-electron chi connectivity index (χ0n) is 30.2. The van der Waals surface area contributed by atoms with Gasteiger partial charge in [-0.3, -0.25) is 14.3 Å². The summed E-state index contributed by atoms with van der Waals surface area (Å²) in [4.78, 5) is 42.0. The molecule has 0 amide bonds. The van der Waals surface area contributed by atoms with Crippen LogP contribution < -0.4 is 16.0 Å². The highest BCUT2D eigenvalue weighted by molar-refractivity contribution is 5.82. The molecule has 52 heavy (non-hydrogen) atoms. The van der Waals surface area contributed by atoms with E-state index in [9.17, 15) is 9.59 Å². The number of allylic oxidation sites excluding steroid dienone is 1. The van der Waals surface area contributed by atoms with E-state index in [1.807, 2.05) is 12.1 Å². The van der Waals surface area contributed by atoms with Crippen molar-refractivity contribution in [2.24, 2.45) is 11.8 Å². The predicted molar refractivity (Wildman–Crippen MR) is 200 cm³/mol. The van der Waals surface area contributed by atoms with Gasteiger partial charge in [-0.15, -0.1) is 0 Å². The molecule has 16 nitrogen and oxygen atoms in total. The second-order valence-electron chi connectivity index (χ2n) is 12.7. The van der Waals surface area contributed by atoms with Gasteiger partial charge in [-0.05, 0) is 24.0 Å². The summed E-state index contributed by atoms with van der Waals surface area (Å²) in [6.07, 6.45) is 16.0. The molecule has 0 unspecified atom stereocenters. The average molecular weight is 713 g/mol. The number of fused-ring (bicyclic) bond motifs is 2. The largest absolute Gasteiger partial charge is 0.480 e. The van der Waals surface area contributed by atoms with Gasteiger partial charge in [-0.25, -0.2) is 9.97 Å². The highest BCUT2D eigenvalue weighted by Crippen LogP contribution is 2.24. The lowest BCUT2D eigenvalue weighted by Gasteiger charge is -2.17. The van der Waals surface area contributed by atoms with Crippen LogP contribution in [-0.4, -0.2) is 75.3 Å². The van der Waals surface area contributed by atoms with Crippen molar-refractivity contribution in [1.82, 2.24) is 44.2 Å². The quantitative estimate of drug-likeness (QED) is 0.0483. The van der Waals surface area contributed by atoms with Crippen LogP contribution in [0.25, 0.3) is 22.1 Å². The molecule has 5 aromatic rings. The third-order valence-corrected chi connectivity index (χ3v) is 9.15. The fraction of sp³-hybridized carbons (Fsp3) is 0.444. The third kappa shape index (κ3) is 9.70. The van der Waals surface area contributed by atoms with Crippen molar-refractivity contribution in [2.45, 2.75) is 79.4 Å². The topological polar surface area (TPSA) is 203 Å². The number of aliphatic carboxylic acids is 1. The Morgan fingerprint density at radius 1 is 0.962 bits per heavy atom. The number of hydrogen-bond acceptors (Lipinski definition) is 12. The molecule has 0 aliphatic heterocycles. The van der Waals surface area contributed by atoms with Crippen molar-refractivity contribution in [3.05, 3.63) is 60.7 Å². The number of esters is 1. The van der Waals surface area contributed by atoms with Crippen molar-refractivity contribution in [3.63, 3.8) is 0 Å². The number of aromatic nitrogens is 8. The standard InChI is InChI=1S/C36H48N12O4/c1-5-24(6-2)20-46-11-9-26-15-39-36(44-33(26)46)43-29-18-41-47(22-29)23-32(51)52-12-10-30-13-27-16-40-35(42-28(14-37)17-38-19-31(49)50)45-34(27)48(30)21-25(7-3)8-4/h9,11,13-18,22,24-25,37-38H,5-8,10,12,19-21,23H2,1-4H3,(H,49,50)(H,39,43,44)(H,40,42,45)/b28-17+,37-14?. The van der Waals surface area contributed by atoms with Crippen LogP contribution in [0, 0.1) is 17.2 Å². The Bertz CT molecular complexity index is 2000. The van der Waals surface area contributed by atoms with Crippen LogP contribution in [0.3, 0.4) is 0 Å². The summed E-state index contributed by atoms with van der Waals surface area (Å²) >= 11 is 0. The van der Waals surface area contributed by atoms with Gasteiger partial charge in [-0.1, -0.05) is 53.4 Å². The summed E-state index contributed by atoms with van der Waals surface area (Å²) in [5.74, 6) is 0.289. The van der Waals surface area contributed by atoms with Gasteiger partial charge in [0.2, 0.25) is 11.9 Å². The first-order chi connectivity index (χ1) is 25.2. The van der Waals surface area contributed by atoms with E-state index in [0.29, 0.717) is 41.2 Å². The number of rotatable bonds is 21. The van der Waals surface area contributed by atoms with Crippen molar-refractivity contribution < 1.29 is 19.4 Å². The maximum absolute atomic E-state index is 12.8. The smallest absolute Gasteiger partial charge is 0.327 e. The maximum atomic E-state index is 12.8. The molecule has 5 aromatic heterocycles. The summed E-state index contributed by atoms with van der Waals surface area (Å²) in [5, 5.41) is 31.5. The Morgan fingerprint density at radius 2 is 1.67 bits per heavy atom. The molecular weight excluding hydrogens is 664 g/mol. The Labute approximate surface area is 302 Å². The Morgan fingerprint density at radius 3 is 2.40 bits per heavy atom. The van der Waals surface area contributed by atoms with E-state index in [1.165, 1.54) is 10.9 Å². The lowest BCUT2D eigenvalue weighted by Crippen LogP contribution is -2.19. The number of anilines is 3. The zero-order valence-corrected chi connectivity index (χ0v) is 30.2. The molecule has 0 spiro atoms. The Balaban J connectivity index is 1.21. The van der Waals surface area contributed by atoms with Gasteiger partial charge in [0, 0.05) is 73.2 Å². The number of nitrogens with one attached hydrogen (secondary N) is 4. The molecule has 0 aliphatic carbocycles. The first-order valence-corrected chi connectivity index (χ1v) is 17.8. The summed E-state index contributed by atoms with van der Waals surface area (Å²) in [7, 11) is 0. The number of carboxylic acids is 1. The number of carboxylic acid groups (broad SMARTS) is 1. The van der Waals surface area contributed by atoms with Crippen molar-refractivity contribution >= 4 is 57.8 Å². The van der Waals surface area contributed by atoms with E-state index in [-0.39, 0.29) is 25.6 Å². The first kappa shape index (κ1) is 37.5. The summed E-state index contributed by atoms with van der Waals surface area (Å²) < 4.78 is 11.5. The van der Waals surface area contributed by atoms with E-state index in [0.717, 1.165) is 67.1 Å². The van der Waals surface area contributed by atoms with Crippen LogP contribution in [0.1, 0.15) is 59.1 Å². The third-order valence-electron chi connectivity index (χ3n) is 9.15. The predicted octanol–water partition coefficient (Wildman–Crippen LogP) is 5.35. The van der Waals surface area contributed by atoms with Gasteiger partial charge in [0.15, 0.2) is 0 Å². The van der Waals surface area contributed by atoms with Crippen LogP contribution in [0.5, 0.6) is 0 Å². The van der Waals surface area contributed by atoms with Crippen molar-refractivity contribution in [3.8, 4) is 0 Å². The van der Waals surface area contributed by atoms with Gasteiger partial charge < -0.3 is 40.3 Å². The molecule has 0 aliphatic rings. The molecule has 0 fully saturated rings. The van der Waals surface area contributed by atoms with E-state index >= 15 is 0 Å². The van der Waals surface area contributed by atoms with Crippen molar-refractivity contribution in [1.29, 1.82) is 5.41 Å². The summed E-state index contributed by atoms with van der Waals surface area (Å²) in [6.45, 7) is 10.2. The van der Waals surface area contributed by atoms with Gasteiger partial charge in [-0.2, -0.15) is 15.1 Å². The SMILES string of the molecule is CCC(CC)Cn1ccc2cnc(Nc3cnn(CC(=O)OCCc4cc5cnc(N/C(C=N)=C/NCC(=O)O)nc5n4CC(CC)CC)c3)nc21. The fourth-order valence-corrected chi connectivity index (χ4v) is 5.96. The lowest BCUT2D eigenvalue weighted by molar-refractivity contribution is -0.144. The molecular formula is C36H48N12O4. The first-order valence-electron chi connectivity index (χ1n) is 17.8. The van der Waals surface area contributed by atoms with Crippen LogP contribution >= 0.6 is 0 Å². The molecule has 276 valence electrons. The highest BCUT2D eigenvalue weighted by atomic mass is 16.5. The van der Waals surface area contributed by atoms with Crippen LogP contribution in [0.2, 0.25) is 0 Å². The van der Waals surface area contributed by atoms with Crippen LogP contribution in [-0.2, 0) is 40.4 Å². The molecule has 0 bridgehead atoms. The average Bonchev–Trinajstić information content (AvgIpc) is 3.85. The molecule has 0 saturated heterocycles. The minimum absolute atomic E-state index is 0.0543. The highest BCUT2D eigenvalue weighted by Gasteiger charge is 2.17. The molecule has 0 radical (unpaired) electrons. The van der Waals surface area contributed by atoms with E-state index in [1.54, 1.807) is 24.8 Å². The molecule has 5 heterocycles. The second-order valence-corrected chi connectivity index (χ2v) is 12.7. The molecule has 5 rings (SSSR count). The zero-order chi connectivity index (χ0) is 37.0.